The zero-order chi connectivity index (χ0) is 16.4. The van der Waals surface area contributed by atoms with Crippen LogP contribution in [0, 0.1) is 11.8 Å². The molecule has 1 saturated carbocycles. The maximum Gasteiger partial charge on any atom is 0.233 e. The number of likely N-dealkylation sites (tertiary alicyclic amines) is 1. The fraction of sp³-hybridized carbons (Fsp3) is 0.588. The largest absolute Gasteiger partial charge is 0.349 e. The Labute approximate surface area is 140 Å². The molecule has 1 aromatic heterocycles. The van der Waals surface area contributed by atoms with E-state index in [-0.39, 0.29) is 48.6 Å². The number of rotatable bonds is 5. The number of carbonyl (C=O) groups is 3. The van der Waals surface area contributed by atoms with Crippen LogP contribution in [0.2, 0.25) is 0 Å². The highest BCUT2D eigenvalue weighted by Crippen LogP contribution is 2.37. The number of nitrogens with zero attached hydrogens (tertiary/aromatic N) is 1. The second kappa shape index (κ2) is 6.83. The van der Waals surface area contributed by atoms with Crippen molar-refractivity contribution in [2.24, 2.45) is 11.8 Å². The number of imide groups is 1. The molecule has 2 heterocycles. The first kappa shape index (κ1) is 16.2. The predicted octanol–water partition coefficient (Wildman–Crippen LogP) is 2.49. The molecule has 0 spiro atoms. The molecule has 6 heteroatoms. The van der Waals surface area contributed by atoms with Crippen LogP contribution in [-0.2, 0) is 14.4 Å². The third kappa shape index (κ3) is 3.32. The Morgan fingerprint density at radius 1 is 1.30 bits per heavy atom. The van der Waals surface area contributed by atoms with Crippen LogP contribution in [0.1, 0.15) is 49.9 Å². The number of hydrogen-bond donors (Lipinski definition) is 1. The molecule has 1 saturated heterocycles. The smallest absolute Gasteiger partial charge is 0.233 e. The maximum atomic E-state index is 12.3. The number of amides is 3. The van der Waals surface area contributed by atoms with Gasteiger partial charge in [0, 0.05) is 17.8 Å². The number of thiophene rings is 1. The molecule has 5 nitrogen and oxygen atoms in total. The van der Waals surface area contributed by atoms with Gasteiger partial charge in [0.1, 0.15) is 0 Å². The van der Waals surface area contributed by atoms with Gasteiger partial charge in [0.2, 0.25) is 17.7 Å². The van der Waals surface area contributed by atoms with Gasteiger partial charge in [-0.15, -0.1) is 11.3 Å². The van der Waals surface area contributed by atoms with Crippen LogP contribution in [0.4, 0.5) is 0 Å². The van der Waals surface area contributed by atoms with Crippen molar-refractivity contribution in [2.45, 2.75) is 45.1 Å². The number of fused-ring (bicyclic) bond motifs is 1. The molecule has 3 rings (SSSR count). The maximum absolute atomic E-state index is 12.3. The second-order valence-corrected chi connectivity index (χ2v) is 7.36. The Hall–Kier alpha value is -1.69. The lowest BCUT2D eigenvalue weighted by Gasteiger charge is -2.19. The summed E-state index contributed by atoms with van der Waals surface area (Å²) in [5, 5.41) is 4.89. The van der Waals surface area contributed by atoms with Crippen molar-refractivity contribution in [1.29, 1.82) is 0 Å². The van der Waals surface area contributed by atoms with Gasteiger partial charge in [0.05, 0.1) is 17.9 Å². The van der Waals surface area contributed by atoms with Crippen LogP contribution < -0.4 is 5.32 Å². The minimum atomic E-state index is -0.135. The fourth-order valence-electron chi connectivity index (χ4n) is 3.59. The van der Waals surface area contributed by atoms with Crippen molar-refractivity contribution < 1.29 is 14.4 Å². The average Bonchev–Trinajstić information content (AvgIpc) is 3.15. The summed E-state index contributed by atoms with van der Waals surface area (Å²) < 4.78 is 0. The van der Waals surface area contributed by atoms with Gasteiger partial charge in [-0.25, -0.2) is 0 Å². The third-order valence-corrected chi connectivity index (χ3v) is 5.90. The third-order valence-electron chi connectivity index (χ3n) is 4.84. The second-order valence-electron chi connectivity index (χ2n) is 6.38. The van der Waals surface area contributed by atoms with Gasteiger partial charge in [-0.1, -0.05) is 18.9 Å². The highest BCUT2D eigenvalue weighted by Gasteiger charge is 2.47. The van der Waals surface area contributed by atoms with Crippen molar-refractivity contribution >= 4 is 29.1 Å². The fourth-order valence-corrected chi connectivity index (χ4v) is 4.32. The standard InChI is InChI=1S/C17H22N2O3S/c1-11(14-7-4-10-23-14)18-15(20)8-9-19-16(21)12-5-2-3-6-13(12)17(19)22/h4,7,10-13H,2-3,5-6,8-9H2,1H3,(H,18,20)/t11-,12-,13+/m0/s1. The van der Waals surface area contributed by atoms with Crippen LogP contribution in [0.25, 0.3) is 0 Å². The van der Waals surface area contributed by atoms with E-state index in [4.69, 9.17) is 0 Å². The van der Waals surface area contributed by atoms with Crippen molar-refractivity contribution in [1.82, 2.24) is 10.2 Å². The first-order valence-electron chi connectivity index (χ1n) is 8.26. The molecule has 0 bridgehead atoms. The Balaban J connectivity index is 1.52. The van der Waals surface area contributed by atoms with Crippen molar-refractivity contribution in [2.75, 3.05) is 6.54 Å². The first-order chi connectivity index (χ1) is 11.1. The molecule has 23 heavy (non-hydrogen) atoms. The van der Waals surface area contributed by atoms with E-state index in [1.165, 1.54) is 4.90 Å². The van der Waals surface area contributed by atoms with Gasteiger partial charge in [0.15, 0.2) is 0 Å². The summed E-state index contributed by atoms with van der Waals surface area (Å²) in [7, 11) is 0. The summed E-state index contributed by atoms with van der Waals surface area (Å²) in [6, 6.07) is 3.88. The molecule has 2 aliphatic rings. The van der Waals surface area contributed by atoms with Crippen LogP contribution >= 0.6 is 11.3 Å². The Bertz CT molecular complexity index is 575. The van der Waals surface area contributed by atoms with Gasteiger partial charge in [-0.2, -0.15) is 0 Å². The summed E-state index contributed by atoms with van der Waals surface area (Å²) in [5.74, 6) is -0.535. The molecule has 1 aliphatic carbocycles. The van der Waals surface area contributed by atoms with Gasteiger partial charge in [-0.05, 0) is 31.2 Å². The Morgan fingerprint density at radius 2 is 1.96 bits per heavy atom. The minimum Gasteiger partial charge on any atom is -0.349 e. The summed E-state index contributed by atoms with van der Waals surface area (Å²) >= 11 is 1.60. The number of carbonyl (C=O) groups excluding carboxylic acids is 3. The number of nitrogens with one attached hydrogen (secondary N) is 1. The molecule has 0 radical (unpaired) electrons. The summed E-state index contributed by atoms with van der Waals surface area (Å²) in [4.78, 5) is 39.2. The topological polar surface area (TPSA) is 66.5 Å². The highest BCUT2D eigenvalue weighted by molar-refractivity contribution is 7.10. The summed E-state index contributed by atoms with van der Waals surface area (Å²) in [5.41, 5.74) is 0. The average molecular weight is 334 g/mol. The quantitative estimate of drug-likeness (QED) is 0.841. The zero-order valence-corrected chi connectivity index (χ0v) is 14.1. The van der Waals surface area contributed by atoms with E-state index in [0.717, 1.165) is 30.6 Å². The predicted molar refractivity (Wildman–Crippen MR) is 87.7 cm³/mol. The van der Waals surface area contributed by atoms with Crippen LogP contribution in [0.3, 0.4) is 0 Å². The van der Waals surface area contributed by atoms with E-state index in [2.05, 4.69) is 5.32 Å². The molecule has 3 atom stereocenters. The first-order valence-corrected chi connectivity index (χ1v) is 9.14. The molecular weight excluding hydrogens is 312 g/mol. The monoisotopic (exact) mass is 334 g/mol. The number of hydrogen-bond acceptors (Lipinski definition) is 4. The van der Waals surface area contributed by atoms with Crippen LogP contribution in [0.15, 0.2) is 17.5 Å². The van der Waals surface area contributed by atoms with E-state index in [0.29, 0.717) is 0 Å². The Morgan fingerprint density at radius 3 is 2.52 bits per heavy atom. The SMILES string of the molecule is C[C@H](NC(=O)CCN1C(=O)[C@H]2CCCC[C@H]2C1=O)c1cccs1. The summed E-state index contributed by atoms with van der Waals surface area (Å²) in [6.45, 7) is 2.14. The van der Waals surface area contributed by atoms with Crippen LogP contribution in [-0.4, -0.2) is 29.2 Å². The van der Waals surface area contributed by atoms with Crippen LogP contribution in [0.5, 0.6) is 0 Å². The lowest BCUT2D eigenvalue weighted by Crippen LogP contribution is -2.36. The lowest BCUT2D eigenvalue weighted by molar-refractivity contribution is -0.140. The van der Waals surface area contributed by atoms with E-state index in [9.17, 15) is 14.4 Å². The lowest BCUT2D eigenvalue weighted by atomic mass is 9.81. The molecule has 0 unspecified atom stereocenters. The zero-order valence-electron chi connectivity index (χ0n) is 13.3. The van der Waals surface area contributed by atoms with E-state index in [1.54, 1.807) is 11.3 Å². The molecule has 1 N–H and O–H groups in total. The Kier molecular flexibility index (Phi) is 4.80. The van der Waals surface area contributed by atoms with Crippen molar-refractivity contribution in [3.05, 3.63) is 22.4 Å². The van der Waals surface area contributed by atoms with Crippen molar-refractivity contribution in [3.8, 4) is 0 Å². The summed E-state index contributed by atoms with van der Waals surface area (Å²) in [6.07, 6.45) is 3.84. The highest BCUT2D eigenvalue weighted by atomic mass is 32.1. The van der Waals surface area contributed by atoms with Gasteiger partial charge in [-0.3, -0.25) is 19.3 Å². The normalized spacial score (nSPS) is 25.3. The van der Waals surface area contributed by atoms with E-state index in [1.807, 2.05) is 24.4 Å². The van der Waals surface area contributed by atoms with Gasteiger partial charge < -0.3 is 5.32 Å². The minimum absolute atomic E-state index is 0.0462. The van der Waals surface area contributed by atoms with Gasteiger partial charge in [0.25, 0.3) is 0 Å². The molecule has 124 valence electrons. The van der Waals surface area contributed by atoms with Gasteiger partial charge >= 0.3 is 0 Å². The molecular formula is C17H22N2O3S. The van der Waals surface area contributed by atoms with E-state index < -0.39 is 0 Å². The molecule has 2 fully saturated rings. The molecule has 0 aromatic carbocycles. The molecule has 3 amide bonds. The molecule has 1 aliphatic heterocycles. The molecule has 1 aromatic rings. The van der Waals surface area contributed by atoms with E-state index >= 15 is 0 Å². The van der Waals surface area contributed by atoms with Crippen molar-refractivity contribution in [3.63, 3.8) is 0 Å².